The summed E-state index contributed by atoms with van der Waals surface area (Å²) in [6, 6.07) is 0. The maximum absolute atomic E-state index is 4.00. The highest BCUT2D eigenvalue weighted by atomic mass is 14.9. The van der Waals surface area contributed by atoms with Crippen LogP contribution in [0.15, 0.2) is 28.8 Å². The molecular weight excluding hydrogens is 136 g/mol. The van der Waals surface area contributed by atoms with E-state index in [1.165, 1.54) is 11.1 Å². The van der Waals surface area contributed by atoms with E-state index in [1.807, 2.05) is 12.3 Å². The number of nitrogens with zero attached hydrogens (tertiary/aromatic N) is 1. The zero-order valence-electron chi connectivity index (χ0n) is 6.93. The van der Waals surface area contributed by atoms with E-state index in [0.29, 0.717) is 0 Å². The summed E-state index contributed by atoms with van der Waals surface area (Å²) >= 11 is 0. The Labute approximate surface area is 67.7 Å². The summed E-state index contributed by atoms with van der Waals surface area (Å²) in [5.74, 6) is 0. The summed E-state index contributed by atoms with van der Waals surface area (Å²) in [6.45, 7) is 5.75. The Balaban J connectivity index is 2.81. The second-order valence-electron chi connectivity index (χ2n) is 2.57. The second-order valence-corrected chi connectivity index (χ2v) is 2.57. The Hall–Kier alpha value is -0.890. The average molecular weight is 150 g/mol. The molecule has 1 rings (SSSR count). The molecule has 0 saturated heterocycles. The number of hydrogen-bond donors (Lipinski definition) is 1. The minimum absolute atomic E-state index is 0.935. The van der Waals surface area contributed by atoms with Gasteiger partial charge in [-0.15, -0.1) is 0 Å². The second kappa shape index (κ2) is 4.09. The first-order valence-corrected chi connectivity index (χ1v) is 3.86. The molecule has 0 aromatic carbocycles. The van der Waals surface area contributed by atoms with Gasteiger partial charge in [0.15, 0.2) is 0 Å². The molecule has 0 atom stereocenters. The van der Waals surface area contributed by atoms with Crippen LogP contribution < -0.4 is 5.32 Å². The van der Waals surface area contributed by atoms with Gasteiger partial charge in [-0.25, -0.2) is 0 Å². The predicted octanol–water partition coefficient (Wildman–Crippen LogP) is 1.16. The van der Waals surface area contributed by atoms with Crippen molar-refractivity contribution in [3.8, 4) is 0 Å². The van der Waals surface area contributed by atoms with Crippen LogP contribution >= 0.6 is 0 Å². The highest BCUT2D eigenvalue weighted by Crippen LogP contribution is 2.10. The molecule has 60 valence electrons. The van der Waals surface area contributed by atoms with Crippen molar-refractivity contribution in [3.63, 3.8) is 0 Å². The number of nitrogens with one attached hydrogen (secondary N) is 1. The number of hydrogen-bond acceptors (Lipinski definition) is 2. The van der Waals surface area contributed by atoms with Gasteiger partial charge in [0.05, 0.1) is 0 Å². The van der Waals surface area contributed by atoms with Crippen molar-refractivity contribution < 1.29 is 0 Å². The quantitative estimate of drug-likeness (QED) is 0.587. The van der Waals surface area contributed by atoms with Crippen molar-refractivity contribution in [2.24, 2.45) is 4.99 Å². The molecule has 1 heterocycles. The molecule has 0 aromatic heterocycles. The lowest BCUT2D eigenvalue weighted by Crippen LogP contribution is -2.24. The summed E-state index contributed by atoms with van der Waals surface area (Å²) < 4.78 is 0. The van der Waals surface area contributed by atoms with Crippen LogP contribution in [-0.2, 0) is 0 Å². The molecule has 1 N–H and O–H groups in total. The van der Waals surface area contributed by atoms with Gasteiger partial charge in [-0.3, -0.25) is 4.99 Å². The molecule has 1 aliphatic rings. The first-order chi connectivity index (χ1) is 5.38. The van der Waals surface area contributed by atoms with E-state index in [-0.39, 0.29) is 0 Å². The lowest BCUT2D eigenvalue weighted by atomic mass is 10.0. The first kappa shape index (κ1) is 8.21. The van der Waals surface area contributed by atoms with Gasteiger partial charge in [-0.2, -0.15) is 0 Å². The summed E-state index contributed by atoms with van der Waals surface area (Å²) in [5, 5.41) is 3.28. The summed E-state index contributed by atoms with van der Waals surface area (Å²) in [4.78, 5) is 4.00. The SMILES string of the molecule is C=CC1=C(C=NC)CCNC1. The van der Waals surface area contributed by atoms with Gasteiger partial charge >= 0.3 is 0 Å². The third-order valence-electron chi connectivity index (χ3n) is 1.83. The van der Waals surface area contributed by atoms with Crippen LogP contribution in [0, 0.1) is 0 Å². The zero-order valence-corrected chi connectivity index (χ0v) is 6.93. The molecule has 0 radical (unpaired) electrons. The fraction of sp³-hybridized carbons (Fsp3) is 0.444. The van der Waals surface area contributed by atoms with Crippen LogP contribution in [0.2, 0.25) is 0 Å². The average Bonchev–Trinajstić information content (AvgIpc) is 2.06. The Bertz CT molecular complexity index is 202. The standard InChI is InChI=1S/C9H14N2/c1-3-8-7-11-5-4-9(8)6-10-2/h3,6,11H,1,4-5,7H2,2H3. The molecule has 0 aliphatic carbocycles. The van der Waals surface area contributed by atoms with Gasteiger partial charge in [0.25, 0.3) is 0 Å². The lowest BCUT2D eigenvalue weighted by molar-refractivity contribution is 0.702. The van der Waals surface area contributed by atoms with Gasteiger partial charge in [0.1, 0.15) is 0 Å². The van der Waals surface area contributed by atoms with Crippen LogP contribution in [-0.4, -0.2) is 26.4 Å². The Morgan fingerprint density at radius 2 is 2.36 bits per heavy atom. The molecule has 0 fully saturated rings. The predicted molar refractivity (Wildman–Crippen MR) is 49.1 cm³/mol. The Morgan fingerprint density at radius 1 is 1.55 bits per heavy atom. The molecular formula is C9H14N2. The third kappa shape index (κ3) is 2.02. The van der Waals surface area contributed by atoms with Crippen LogP contribution in [0.5, 0.6) is 0 Å². The van der Waals surface area contributed by atoms with E-state index >= 15 is 0 Å². The van der Waals surface area contributed by atoms with Gasteiger partial charge < -0.3 is 5.32 Å². The Kier molecular flexibility index (Phi) is 3.05. The van der Waals surface area contributed by atoms with Gasteiger partial charge in [0.2, 0.25) is 0 Å². The summed E-state index contributed by atoms with van der Waals surface area (Å²) in [5.41, 5.74) is 2.60. The van der Waals surface area contributed by atoms with Gasteiger partial charge in [-0.05, 0) is 24.1 Å². The van der Waals surface area contributed by atoms with Gasteiger partial charge in [0, 0.05) is 19.8 Å². The van der Waals surface area contributed by atoms with Crippen LogP contribution in [0.25, 0.3) is 0 Å². The molecule has 2 heteroatoms. The van der Waals surface area contributed by atoms with Crippen molar-refractivity contribution in [1.29, 1.82) is 0 Å². The smallest absolute Gasteiger partial charge is 0.0277 e. The van der Waals surface area contributed by atoms with Crippen molar-refractivity contribution >= 4 is 6.21 Å². The highest BCUT2D eigenvalue weighted by molar-refractivity contribution is 5.80. The molecule has 0 amide bonds. The maximum Gasteiger partial charge on any atom is 0.0277 e. The van der Waals surface area contributed by atoms with E-state index in [4.69, 9.17) is 0 Å². The first-order valence-electron chi connectivity index (χ1n) is 3.86. The zero-order chi connectivity index (χ0) is 8.10. The van der Waals surface area contributed by atoms with E-state index < -0.39 is 0 Å². The Morgan fingerprint density at radius 3 is 3.00 bits per heavy atom. The highest BCUT2D eigenvalue weighted by Gasteiger charge is 2.06. The molecule has 0 saturated carbocycles. The molecule has 0 spiro atoms. The largest absolute Gasteiger partial charge is 0.312 e. The molecule has 2 nitrogen and oxygen atoms in total. The monoisotopic (exact) mass is 150 g/mol. The van der Waals surface area contributed by atoms with Crippen LogP contribution in [0.3, 0.4) is 0 Å². The van der Waals surface area contributed by atoms with Crippen molar-refractivity contribution in [2.45, 2.75) is 6.42 Å². The van der Waals surface area contributed by atoms with E-state index in [1.54, 1.807) is 7.05 Å². The minimum atomic E-state index is 0.935. The number of aliphatic imine (C=N–C) groups is 1. The lowest BCUT2D eigenvalue weighted by Gasteiger charge is -2.15. The summed E-state index contributed by atoms with van der Waals surface area (Å²) in [7, 11) is 1.80. The van der Waals surface area contributed by atoms with Crippen molar-refractivity contribution in [1.82, 2.24) is 5.32 Å². The molecule has 0 aromatic rings. The van der Waals surface area contributed by atoms with E-state index in [9.17, 15) is 0 Å². The van der Waals surface area contributed by atoms with Gasteiger partial charge in [-0.1, -0.05) is 12.7 Å². The van der Waals surface area contributed by atoms with E-state index in [0.717, 1.165) is 19.5 Å². The van der Waals surface area contributed by atoms with Crippen LogP contribution in [0.1, 0.15) is 6.42 Å². The molecule has 0 bridgehead atoms. The fourth-order valence-electron chi connectivity index (χ4n) is 1.23. The number of rotatable bonds is 2. The molecule has 1 aliphatic heterocycles. The minimum Gasteiger partial charge on any atom is -0.312 e. The maximum atomic E-state index is 4.00. The summed E-state index contributed by atoms with van der Waals surface area (Å²) in [6.07, 6.45) is 4.90. The normalized spacial score (nSPS) is 19.4. The third-order valence-corrected chi connectivity index (χ3v) is 1.83. The topological polar surface area (TPSA) is 24.4 Å². The molecule has 0 unspecified atom stereocenters. The van der Waals surface area contributed by atoms with E-state index in [2.05, 4.69) is 16.9 Å². The van der Waals surface area contributed by atoms with Crippen molar-refractivity contribution in [2.75, 3.05) is 20.1 Å². The van der Waals surface area contributed by atoms with Crippen molar-refractivity contribution in [3.05, 3.63) is 23.8 Å². The van der Waals surface area contributed by atoms with Crippen LogP contribution in [0.4, 0.5) is 0 Å². The molecule has 11 heavy (non-hydrogen) atoms. The fourth-order valence-corrected chi connectivity index (χ4v) is 1.23.